The first-order valence-electron chi connectivity index (χ1n) is 6.48. The molecule has 0 aliphatic rings. The van der Waals surface area contributed by atoms with Gasteiger partial charge in [0.25, 0.3) is 0 Å². The number of para-hydroxylation sites is 1. The minimum atomic E-state index is -0.256. The van der Waals surface area contributed by atoms with E-state index in [0.29, 0.717) is 10.9 Å². The minimum absolute atomic E-state index is 0.204. The van der Waals surface area contributed by atoms with Gasteiger partial charge in [0, 0.05) is 17.7 Å². The van der Waals surface area contributed by atoms with Crippen LogP contribution in [0.4, 0.5) is 10.5 Å². The number of benzene rings is 1. The summed E-state index contributed by atoms with van der Waals surface area (Å²) >= 11 is 7.36. The molecule has 0 aliphatic carbocycles. The van der Waals surface area contributed by atoms with Crippen molar-refractivity contribution in [2.24, 2.45) is 0 Å². The van der Waals surface area contributed by atoms with Crippen molar-refractivity contribution in [1.29, 1.82) is 0 Å². The molecule has 0 bridgehead atoms. The van der Waals surface area contributed by atoms with Crippen LogP contribution >= 0.6 is 22.9 Å². The molecule has 1 aromatic carbocycles. The van der Waals surface area contributed by atoms with E-state index in [0.717, 1.165) is 16.1 Å². The lowest BCUT2D eigenvalue weighted by molar-refractivity contribution is 0.107. The maximum Gasteiger partial charge on any atom is 0.319 e. The molecule has 0 spiro atoms. The van der Waals surface area contributed by atoms with E-state index in [-0.39, 0.29) is 12.1 Å². The van der Waals surface area contributed by atoms with Crippen molar-refractivity contribution in [3.8, 4) is 0 Å². The zero-order valence-electron chi connectivity index (χ0n) is 11.9. The second-order valence-corrected chi connectivity index (χ2v) is 6.26. The van der Waals surface area contributed by atoms with Gasteiger partial charge in [-0.2, -0.15) is 0 Å². The Morgan fingerprint density at radius 2 is 2.10 bits per heavy atom. The number of methoxy groups -OCH3 is 1. The molecule has 2 amide bonds. The van der Waals surface area contributed by atoms with Crippen molar-refractivity contribution in [3.63, 3.8) is 0 Å². The molecule has 4 nitrogen and oxygen atoms in total. The Balaban J connectivity index is 1.89. The number of urea groups is 1. The molecule has 21 heavy (non-hydrogen) atoms. The highest BCUT2D eigenvalue weighted by Gasteiger charge is 2.14. The number of carbonyl (C=O) groups excluding carboxylic acids is 1. The second-order valence-electron chi connectivity index (χ2n) is 4.52. The molecule has 2 rings (SSSR count). The fraction of sp³-hybridized carbons (Fsp3) is 0.267. The van der Waals surface area contributed by atoms with Crippen LogP contribution in [0, 0.1) is 6.92 Å². The summed E-state index contributed by atoms with van der Waals surface area (Å²) in [6, 6.07) is 11.1. The predicted molar refractivity (Wildman–Crippen MR) is 87.3 cm³/mol. The lowest BCUT2D eigenvalue weighted by Gasteiger charge is -2.15. The van der Waals surface area contributed by atoms with Crippen LogP contribution in [0.3, 0.4) is 0 Å². The lowest BCUT2D eigenvalue weighted by atomic mass is 10.2. The monoisotopic (exact) mass is 324 g/mol. The molecule has 0 aliphatic heterocycles. The maximum absolute atomic E-state index is 11.9. The zero-order chi connectivity index (χ0) is 15.2. The number of aryl methyl sites for hydroxylation is 1. The molecular weight excluding hydrogens is 308 g/mol. The highest BCUT2D eigenvalue weighted by molar-refractivity contribution is 7.16. The summed E-state index contributed by atoms with van der Waals surface area (Å²) in [6.07, 6.45) is -0.204. The van der Waals surface area contributed by atoms with Gasteiger partial charge in [-0.15, -0.1) is 11.3 Å². The molecule has 2 N–H and O–H groups in total. The Morgan fingerprint density at radius 3 is 2.71 bits per heavy atom. The van der Waals surface area contributed by atoms with Gasteiger partial charge in [0.05, 0.1) is 10.9 Å². The average Bonchev–Trinajstić information content (AvgIpc) is 2.89. The van der Waals surface area contributed by atoms with Crippen LogP contribution < -0.4 is 10.6 Å². The SMILES string of the molecule is CO[C@@H](CNC(=O)Nc1ccccc1C)c1ccc(Cl)s1. The van der Waals surface area contributed by atoms with Crippen LogP contribution in [0.1, 0.15) is 16.5 Å². The summed E-state index contributed by atoms with van der Waals surface area (Å²) < 4.78 is 6.09. The summed E-state index contributed by atoms with van der Waals surface area (Å²) in [5.74, 6) is 0. The first-order valence-corrected chi connectivity index (χ1v) is 7.68. The molecule has 0 radical (unpaired) electrons. The zero-order valence-corrected chi connectivity index (χ0v) is 13.4. The number of carbonyl (C=O) groups is 1. The molecule has 0 unspecified atom stereocenters. The number of ether oxygens (including phenoxy) is 1. The summed E-state index contributed by atoms with van der Waals surface area (Å²) in [4.78, 5) is 12.9. The molecule has 1 aromatic heterocycles. The summed E-state index contributed by atoms with van der Waals surface area (Å²) in [5.41, 5.74) is 1.81. The fourth-order valence-electron chi connectivity index (χ4n) is 1.87. The van der Waals surface area contributed by atoms with Crippen LogP contribution in [0.15, 0.2) is 36.4 Å². The van der Waals surface area contributed by atoms with Gasteiger partial charge in [-0.3, -0.25) is 0 Å². The highest BCUT2D eigenvalue weighted by atomic mass is 35.5. The van der Waals surface area contributed by atoms with Gasteiger partial charge in [0.15, 0.2) is 0 Å². The standard InChI is InChI=1S/C15H17ClN2O2S/c1-10-5-3-4-6-11(10)18-15(19)17-9-12(20-2)13-7-8-14(16)21-13/h3-8,12H,9H2,1-2H3,(H2,17,18,19)/t12-/m0/s1. The van der Waals surface area contributed by atoms with Gasteiger partial charge < -0.3 is 15.4 Å². The van der Waals surface area contributed by atoms with E-state index in [1.54, 1.807) is 7.11 Å². The molecule has 1 atom stereocenters. The topological polar surface area (TPSA) is 50.4 Å². The second kappa shape index (κ2) is 7.45. The quantitative estimate of drug-likeness (QED) is 0.865. The normalized spacial score (nSPS) is 12.0. The maximum atomic E-state index is 11.9. The van der Waals surface area contributed by atoms with Gasteiger partial charge in [0.2, 0.25) is 0 Å². The summed E-state index contributed by atoms with van der Waals surface area (Å²) in [5, 5.41) is 5.62. The lowest BCUT2D eigenvalue weighted by Crippen LogP contribution is -2.32. The van der Waals surface area contributed by atoms with Crippen molar-refractivity contribution >= 4 is 34.7 Å². The van der Waals surface area contributed by atoms with E-state index in [1.807, 2.05) is 43.3 Å². The van der Waals surface area contributed by atoms with Crippen LogP contribution in [-0.2, 0) is 4.74 Å². The number of hydrogen-bond donors (Lipinski definition) is 2. The Hall–Kier alpha value is -1.56. The van der Waals surface area contributed by atoms with E-state index in [9.17, 15) is 4.79 Å². The third kappa shape index (κ3) is 4.46. The first kappa shape index (κ1) is 15.8. The number of rotatable bonds is 5. The Bertz CT molecular complexity index is 615. The van der Waals surface area contributed by atoms with Crippen molar-refractivity contribution in [3.05, 3.63) is 51.2 Å². The number of halogens is 1. The third-order valence-corrected chi connectivity index (χ3v) is 4.36. The van der Waals surface area contributed by atoms with Crippen LogP contribution in [-0.4, -0.2) is 19.7 Å². The molecule has 112 valence electrons. The van der Waals surface area contributed by atoms with Gasteiger partial charge in [-0.1, -0.05) is 29.8 Å². The van der Waals surface area contributed by atoms with Crippen molar-refractivity contribution in [2.75, 3.05) is 19.0 Å². The molecule has 0 saturated heterocycles. The van der Waals surface area contributed by atoms with Gasteiger partial charge in [-0.05, 0) is 30.7 Å². The van der Waals surface area contributed by atoms with Crippen molar-refractivity contribution in [1.82, 2.24) is 5.32 Å². The predicted octanol–water partition coefficient (Wildman–Crippen LogP) is 4.22. The number of hydrogen-bond acceptors (Lipinski definition) is 3. The van der Waals surface area contributed by atoms with E-state index >= 15 is 0 Å². The average molecular weight is 325 g/mol. The van der Waals surface area contributed by atoms with Crippen molar-refractivity contribution < 1.29 is 9.53 Å². The van der Waals surface area contributed by atoms with Crippen LogP contribution in [0.2, 0.25) is 4.34 Å². The Morgan fingerprint density at radius 1 is 1.33 bits per heavy atom. The molecule has 1 heterocycles. The largest absolute Gasteiger partial charge is 0.374 e. The number of anilines is 1. The van der Waals surface area contributed by atoms with E-state index in [4.69, 9.17) is 16.3 Å². The molecule has 2 aromatic rings. The van der Waals surface area contributed by atoms with E-state index < -0.39 is 0 Å². The fourth-order valence-corrected chi connectivity index (χ4v) is 3.01. The molecule has 0 saturated carbocycles. The van der Waals surface area contributed by atoms with Gasteiger partial charge >= 0.3 is 6.03 Å². The van der Waals surface area contributed by atoms with E-state index in [1.165, 1.54) is 11.3 Å². The number of thiophene rings is 1. The van der Waals surface area contributed by atoms with E-state index in [2.05, 4.69) is 10.6 Å². The van der Waals surface area contributed by atoms with Crippen LogP contribution in [0.5, 0.6) is 0 Å². The summed E-state index contributed by atoms with van der Waals surface area (Å²) in [7, 11) is 1.61. The summed E-state index contributed by atoms with van der Waals surface area (Å²) in [6.45, 7) is 2.33. The smallest absolute Gasteiger partial charge is 0.319 e. The van der Waals surface area contributed by atoms with Crippen molar-refractivity contribution in [2.45, 2.75) is 13.0 Å². The van der Waals surface area contributed by atoms with Gasteiger partial charge in [-0.25, -0.2) is 4.79 Å². The first-order chi connectivity index (χ1) is 10.1. The Labute approximate surface area is 133 Å². The number of nitrogens with one attached hydrogen (secondary N) is 2. The van der Waals surface area contributed by atoms with Crippen LogP contribution in [0.25, 0.3) is 0 Å². The molecular formula is C15H17ClN2O2S. The number of amides is 2. The minimum Gasteiger partial charge on any atom is -0.374 e. The Kier molecular flexibility index (Phi) is 5.61. The molecule has 0 fully saturated rings. The van der Waals surface area contributed by atoms with Gasteiger partial charge in [0.1, 0.15) is 6.10 Å². The molecule has 6 heteroatoms. The third-order valence-electron chi connectivity index (χ3n) is 3.04. The highest BCUT2D eigenvalue weighted by Crippen LogP contribution is 2.28.